The molecule has 0 bridgehead atoms. The third kappa shape index (κ3) is 1.33. The SMILES string of the molecule is N#Cc1ccc2c(c1)Oc1cccc3c(O)ccc-2c13. The second-order valence-electron chi connectivity index (χ2n) is 4.74. The molecule has 0 aliphatic carbocycles. The molecule has 0 saturated carbocycles. The van der Waals surface area contributed by atoms with Crippen molar-refractivity contribution in [3.63, 3.8) is 0 Å². The molecule has 1 aliphatic rings. The molecule has 1 heterocycles. The summed E-state index contributed by atoms with van der Waals surface area (Å²) in [5.41, 5.74) is 2.52. The van der Waals surface area contributed by atoms with E-state index >= 15 is 0 Å². The molecule has 0 amide bonds. The van der Waals surface area contributed by atoms with E-state index in [0.29, 0.717) is 17.1 Å². The number of phenols is 1. The molecule has 20 heavy (non-hydrogen) atoms. The molecule has 0 unspecified atom stereocenters. The highest BCUT2D eigenvalue weighted by molar-refractivity contribution is 6.06. The third-order valence-electron chi connectivity index (χ3n) is 3.60. The zero-order chi connectivity index (χ0) is 13.7. The van der Waals surface area contributed by atoms with Crippen LogP contribution >= 0.6 is 0 Å². The molecule has 1 N–H and O–H groups in total. The van der Waals surface area contributed by atoms with E-state index in [2.05, 4.69) is 6.07 Å². The van der Waals surface area contributed by atoms with Gasteiger partial charge in [-0.15, -0.1) is 0 Å². The number of fused-ring (bicyclic) bond motifs is 2. The van der Waals surface area contributed by atoms with Crippen molar-refractivity contribution in [2.45, 2.75) is 0 Å². The lowest BCUT2D eigenvalue weighted by Gasteiger charge is -2.21. The third-order valence-corrected chi connectivity index (χ3v) is 3.60. The van der Waals surface area contributed by atoms with E-state index in [0.717, 1.165) is 21.9 Å². The second kappa shape index (κ2) is 3.75. The van der Waals surface area contributed by atoms with E-state index in [1.165, 1.54) is 0 Å². The van der Waals surface area contributed by atoms with Crippen LogP contribution in [0.5, 0.6) is 17.2 Å². The van der Waals surface area contributed by atoms with Crippen molar-refractivity contribution < 1.29 is 9.84 Å². The van der Waals surface area contributed by atoms with Crippen molar-refractivity contribution in [3.8, 4) is 34.4 Å². The Bertz CT molecular complexity index is 907. The molecule has 1 aliphatic heterocycles. The Kier molecular flexibility index (Phi) is 2.04. The van der Waals surface area contributed by atoms with Gasteiger partial charge in [0.15, 0.2) is 0 Å². The highest BCUT2D eigenvalue weighted by Crippen LogP contribution is 2.48. The summed E-state index contributed by atoms with van der Waals surface area (Å²) in [6, 6.07) is 16.7. The predicted molar refractivity (Wildman–Crippen MR) is 75.8 cm³/mol. The number of phenolic OH excluding ortho intramolecular Hbond substituents is 1. The summed E-state index contributed by atoms with van der Waals surface area (Å²) in [6.07, 6.45) is 0. The van der Waals surface area contributed by atoms with Gasteiger partial charge in [0.25, 0.3) is 0 Å². The topological polar surface area (TPSA) is 53.2 Å². The fourth-order valence-electron chi connectivity index (χ4n) is 2.68. The molecular weight excluding hydrogens is 250 g/mol. The number of hydrogen-bond donors (Lipinski definition) is 1. The van der Waals surface area contributed by atoms with Gasteiger partial charge < -0.3 is 9.84 Å². The van der Waals surface area contributed by atoms with Gasteiger partial charge in [-0.05, 0) is 42.0 Å². The van der Waals surface area contributed by atoms with Gasteiger partial charge in [-0.1, -0.05) is 12.1 Å². The van der Waals surface area contributed by atoms with Gasteiger partial charge in [0.1, 0.15) is 17.2 Å². The number of benzene rings is 3. The van der Waals surface area contributed by atoms with Crippen LogP contribution < -0.4 is 4.74 Å². The normalized spacial score (nSPS) is 11.6. The van der Waals surface area contributed by atoms with Crippen molar-refractivity contribution in [2.24, 2.45) is 0 Å². The zero-order valence-corrected chi connectivity index (χ0v) is 10.4. The van der Waals surface area contributed by atoms with Crippen LogP contribution in [0.1, 0.15) is 5.56 Å². The van der Waals surface area contributed by atoms with Crippen molar-refractivity contribution in [1.82, 2.24) is 0 Å². The first-order chi connectivity index (χ1) is 9.78. The van der Waals surface area contributed by atoms with E-state index in [-0.39, 0.29) is 5.75 Å². The smallest absolute Gasteiger partial charge is 0.136 e. The second-order valence-corrected chi connectivity index (χ2v) is 4.74. The fraction of sp³-hybridized carbons (Fsp3) is 0. The molecule has 0 spiro atoms. The summed E-state index contributed by atoms with van der Waals surface area (Å²) in [4.78, 5) is 0. The molecule has 3 aromatic rings. The van der Waals surface area contributed by atoms with Crippen LogP contribution in [0.4, 0.5) is 0 Å². The van der Waals surface area contributed by atoms with Crippen LogP contribution in [0.15, 0.2) is 48.5 Å². The van der Waals surface area contributed by atoms with Gasteiger partial charge in [0, 0.05) is 16.3 Å². The van der Waals surface area contributed by atoms with Gasteiger partial charge in [0.05, 0.1) is 11.6 Å². The summed E-state index contributed by atoms with van der Waals surface area (Å²) in [7, 11) is 0. The van der Waals surface area contributed by atoms with Gasteiger partial charge in [-0.2, -0.15) is 5.26 Å². The maximum Gasteiger partial charge on any atom is 0.136 e. The molecule has 0 saturated heterocycles. The van der Waals surface area contributed by atoms with Gasteiger partial charge >= 0.3 is 0 Å². The molecule has 0 atom stereocenters. The Morgan fingerprint density at radius 3 is 2.65 bits per heavy atom. The van der Waals surface area contributed by atoms with Crippen LogP contribution in [-0.2, 0) is 0 Å². The highest BCUT2D eigenvalue weighted by atomic mass is 16.5. The Hall–Kier alpha value is -2.99. The van der Waals surface area contributed by atoms with E-state index in [9.17, 15) is 5.11 Å². The lowest BCUT2D eigenvalue weighted by molar-refractivity contribution is 0.477. The standard InChI is InChI=1S/C17H9NO2/c18-9-10-4-5-11-12-6-7-14(19)13-2-1-3-15(17(12)13)20-16(11)8-10/h1-8,19H. The van der Waals surface area contributed by atoms with Crippen LogP contribution in [0, 0.1) is 11.3 Å². The van der Waals surface area contributed by atoms with E-state index in [1.54, 1.807) is 18.2 Å². The maximum atomic E-state index is 9.97. The highest BCUT2D eigenvalue weighted by Gasteiger charge is 2.21. The Balaban J connectivity index is 2.13. The lowest BCUT2D eigenvalue weighted by Crippen LogP contribution is -1.97. The van der Waals surface area contributed by atoms with E-state index in [1.807, 2.05) is 30.3 Å². The van der Waals surface area contributed by atoms with Crippen LogP contribution in [0.2, 0.25) is 0 Å². The maximum absolute atomic E-state index is 9.97. The van der Waals surface area contributed by atoms with Crippen LogP contribution in [-0.4, -0.2) is 5.11 Å². The molecule has 0 radical (unpaired) electrons. The van der Waals surface area contributed by atoms with Crippen molar-refractivity contribution >= 4 is 10.8 Å². The molecule has 0 aromatic heterocycles. The number of nitriles is 1. The summed E-state index contributed by atoms with van der Waals surface area (Å²) < 4.78 is 5.88. The quantitative estimate of drug-likeness (QED) is 0.515. The van der Waals surface area contributed by atoms with Gasteiger partial charge in [0.2, 0.25) is 0 Å². The van der Waals surface area contributed by atoms with Crippen molar-refractivity contribution in [2.75, 3.05) is 0 Å². The summed E-state index contributed by atoms with van der Waals surface area (Å²) in [6.45, 7) is 0. The predicted octanol–water partition coefficient (Wildman–Crippen LogP) is 4.19. The Morgan fingerprint density at radius 2 is 1.80 bits per heavy atom. The van der Waals surface area contributed by atoms with Crippen molar-refractivity contribution in [1.29, 1.82) is 5.26 Å². The lowest BCUT2D eigenvalue weighted by atomic mass is 9.93. The number of aromatic hydroxyl groups is 1. The first-order valence-corrected chi connectivity index (χ1v) is 6.25. The van der Waals surface area contributed by atoms with Gasteiger partial charge in [-0.3, -0.25) is 0 Å². The largest absolute Gasteiger partial charge is 0.507 e. The minimum Gasteiger partial charge on any atom is -0.507 e. The zero-order valence-electron chi connectivity index (χ0n) is 10.4. The Morgan fingerprint density at radius 1 is 0.950 bits per heavy atom. The summed E-state index contributed by atoms with van der Waals surface area (Å²) >= 11 is 0. The van der Waals surface area contributed by atoms with E-state index < -0.39 is 0 Å². The first kappa shape index (κ1) is 10.9. The fourth-order valence-corrected chi connectivity index (χ4v) is 2.68. The average Bonchev–Trinajstić information content (AvgIpc) is 2.49. The molecule has 4 rings (SSSR count). The average molecular weight is 259 g/mol. The molecule has 94 valence electrons. The van der Waals surface area contributed by atoms with Crippen LogP contribution in [0.25, 0.3) is 21.9 Å². The minimum absolute atomic E-state index is 0.242. The molecular formula is C17H9NO2. The number of rotatable bonds is 0. The van der Waals surface area contributed by atoms with Crippen LogP contribution in [0.3, 0.4) is 0 Å². The summed E-state index contributed by atoms with van der Waals surface area (Å²) in [5, 5.41) is 20.6. The first-order valence-electron chi connectivity index (χ1n) is 6.25. The monoisotopic (exact) mass is 259 g/mol. The number of nitrogens with zero attached hydrogens (tertiary/aromatic N) is 1. The van der Waals surface area contributed by atoms with Gasteiger partial charge in [-0.25, -0.2) is 0 Å². The molecule has 3 heteroatoms. The van der Waals surface area contributed by atoms with Crippen molar-refractivity contribution in [3.05, 3.63) is 54.1 Å². The summed E-state index contributed by atoms with van der Waals surface area (Å²) in [5.74, 6) is 1.62. The Labute approximate surface area is 115 Å². The molecule has 0 fully saturated rings. The molecule has 3 aromatic carbocycles. The number of ether oxygens (including phenoxy) is 1. The van der Waals surface area contributed by atoms with E-state index in [4.69, 9.17) is 10.00 Å². The molecule has 3 nitrogen and oxygen atoms in total. The minimum atomic E-state index is 0.242. The number of hydrogen-bond acceptors (Lipinski definition) is 3.